The van der Waals surface area contributed by atoms with Gasteiger partial charge in [0.2, 0.25) is 5.91 Å². The second kappa shape index (κ2) is 8.29. The van der Waals surface area contributed by atoms with Gasteiger partial charge in [0, 0.05) is 10.9 Å². The summed E-state index contributed by atoms with van der Waals surface area (Å²) in [6.07, 6.45) is 1.53. The lowest BCUT2D eigenvalue weighted by Crippen LogP contribution is -2.49. The smallest absolute Gasteiger partial charge is 0.231 e. The largest absolute Gasteiger partial charge is 0.337 e. The Morgan fingerprint density at radius 1 is 1.32 bits per heavy atom. The minimum atomic E-state index is -0.881. The fraction of sp³-hybridized carbons (Fsp3) is 0.333. The Morgan fingerprint density at radius 3 is 2.68 bits per heavy atom. The van der Waals surface area contributed by atoms with Crippen LogP contribution in [0.1, 0.15) is 26.3 Å². The van der Waals surface area contributed by atoms with Crippen molar-refractivity contribution in [3.8, 4) is 17.2 Å². The lowest BCUT2D eigenvalue weighted by atomic mass is 9.90. The molecule has 7 heteroatoms. The maximum atomic E-state index is 12.4. The Hall–Kier alpha value is -2.43. The third kappa shape index (κ3) is 4.18. The van der Waals surface area contributed by atoms with Gasteiger partial charge in [-0.2, -0.15) is 5.26 Å². The quantitative estimate of drug-likeness (QED) is 0.466. The van der Waals surface area contributed by atoms with Gasteiger partial charge < -0.3 is 5.32 Å². The van der Waals surface area contributed by atoms with Crippen LogP contribution >= 0.6 is 23.1 Å². The molecule has 1 amide bonds. The number of thiophene rings is 1. The predicted molar refractivity (Wildman–Crippen MR) is 115 cm³/mol. The fourth-order valence-corrected chi connectivity index (χ4v) is 4.46. The van der Waals surface area contributed by atoms with Crippen LogP contribution in [-0.2, 0) is 4.79 Å². The Kier molecular flexibility index (Phi) is 6.01. The summed E-state index contributed by atoms with van der Waals surface area (Å²) >= 11 is 2.94. The van der Waals surface area contributed by atoms with Crippen LogP contribution in [0.25, 0.3) is 21.3 Å². The molecule has 0 saturated heterocycles. The molecule has 0 fully saturated rings. The van der Waals surface area contributed by atoms with Crippen LogP contribution in [0.3, 0.4) is 0 Å². The minimum absolute atomic E-state index is 0.0159. The molecule has 0 bridgehead atoms. The van der Waals surface area contributed by atoms with Crippen LogP contribution in [0.5, 0.6) is 0 Å². The molecule has 3 rings (SSSR count). The molecule has 28 heavy (non-hydrogen) atoms. The predicted octanol–water partition coefficient (Wildman–Crippen LogP) is 4.81. The van der Waals surface area contributed by atoms with Gasteiger partial charge in [0.1, 0.15) is 21.7 Å². The Balaban J connectivity index is 1.84. The van der Waals surface area contributed by atoms with Crippen molar-refractivity contribution >= 4 is 39.2 Å². The van der Waals surface area contributed by atoms with Gasteiger partial charge in [0.15, 0.2) is 0 Å². The third-order valence-corrected chi connectivity index (χ3v) is 6.70. The van der Waals surface area contributed by atoms with E-state index in [0.717, 1.165) is 26.4 Å². The Bertz CT molecular complexity index is 1040. The van der Waals surface area contributed by atoms with Crippen LogP contribution in [0.15, 0.2) is 41.0 Å². The number of hydrogen-bond acceptors (Lipinski definition) is 6. The van der Waals surface area contributed by atoms with Gasteiger partial charge in [-0.1, -0.05) is 55.4 Å². The third-order valence-electron chi connectivity index (χ3n) is 4.82. The normalized spacial score (nSPS) is 13.3. The Labute approximate surface area is 173 Å². The number of benzene rings is 1. The summed E-state index contributed by atoms with van der Waals surface area (Å²) in [4.78, 5) is 22.1. The van der Waals surface area contributed by atoms with Crippen molar-refractivity contribution in [2.24, 2.45) is 5.92 Å². The first-order valence-electron chi connectivity index (χ1n) is 8.98. The second-order valence-electron chi connectivity index (χ2n) is 7.18. The van der Waals surface area contributed by atoms with Crippen LogP contribution in [0, 0.1) is 24.2 Å². The van der Waals surface area contributed by atoms with Gasteiger partial charge in [-0.3, -0.25) is 4.79 Å². The molecule has 0 aliphatic carbocycles. The van der Waals surface area contributed by atoms with E-state index in [1.165, 1.54) is 23.7 Å². The number of aryl methyl sites for hydroxylation is 1. The summed E-state index contributed by atoms with van der Waals surface area (Å²) in [5.74, 6) is 0.0306. The van der Waals surface area contributed by atoms with Crippen LogP contribution in [0.2, 0.25) is 0 Å². The first-order valence-corrected chi connectivity index (χ1v) is 10.8. The number of fused-ring (bicyclic) bond motifs is 1. The zero-order valence-electron chi connectivity index (χ0n) is 16.3. The van der Waals surface area contributed by atoms with Gasteiger partial charge >= 0.3 is 0 Å². The molecule has 2 heterocycles. The van der Waals surface area contributed by atoms with Crippen LogP contribution < -0.4 is 5.32 Å². The van der Waals surface area contributed by atoms with E-state index in [1.807, 2.05) is 13.8 Å². The Morgan fingerprint density at radius 2 is 2.04 bits per heavy atom. The molecule has 1 aromatic carbocycles. The van der Waals surface area contributed by atoms with Crippen LogP contribution in [0.4, 0.5) is 0 Å². The highest BCUT2D eigenvalue weighted by Crippen LogP contribution is 2.37. The number of nitrogens with zero attached hydrogens (tertiary/aromatic N) is 3. The standard InChI is InChI=1S/C21H22N4OS2/c1-13(2)21(4,11-22)25-17(26)10-28-20-18-16(9-27-19(18)23-12-24-20)15-7-5-14(3)6-8-15/h5-9,12-13H,10H2,1-4H3,(H,25,26). The second-order valence-corrected chi connectivity index (χ2v) is 9.00. The number of hydrogen-bond donors (Lipinski definition) is 1. The number of aromatic nitrogens is 2. The van der Waals surface area contributed by atoms with E-state index < -0.39 is 5.54 Å². The molecule has 3 aromatic rings. The van der Waals surface area contributed by atoms with Crippen molar-refractivity contribution in [1.29, 1.82) is 5.26 Å². The monoisotopic (exact) mass is 410 g/mol. The highest BCUT2D eigenvalue weighted by molar-refractivity contribution is 8.00. The molecule has 1 atom stereocenters. The summed E-state index contributed by atoms with van der Waals surface area (Å²) in [5.41, 5.74) is 2.51. The van der Waals surface area contributed by atoms with E-state index in [9.17, 15) is 10.1 Å². The molecule has 0 saturated carbocycles. The van der Waals surface area contributed by atoms with E-state index in [1.54, 1.807) is 18.3 Å². The number of nitrogens with one attached hydrogen (secondary N) is 1. The van der Waals surface area contributed by atoms with Crippen molar-refractivity contribution in [3.05, 3.63) is 41.5 Å². The number of carbonyl (C=O) groups is 1. The molecular weight excluding hydrogens is 388 g/mol. The van der Waals surface area contributed by atoms with Gasteiger partial charge in [-0.05, 0) is 25.3 Å². The highest BCUT2D eigenvalue weighted by atomic mass is 32.2. The van der Waals surface area contributed by atoms with E-state index in [2.05, 4.69) is 57.9 Å². The van der Waals surface area contributed by atoms with E-state index >= 15 is 0 Å². The molecule has 0 spiro atoms. The van der Waals surface area contributed by atoms with Crippen molar-refractivity contribution in [2.75, 3.05) is 5.75 Å². The number of thioether (sulfide) groups is 1. The molecule has 0 aliphatic rings. The molecule has 1 unspecified atom stereocenters. The van der Waals surface area contributed by atoms with Crippen molar-refractivity contribution in [3.63, 3.8) is 0 Å². The number of amides is 1. The van der Waals surface area contributed by atoms with Crippen LogP contribution in [-0.4, -0.2) is 27.2 Å². The molecule has 2 aromatic heterocycles. The zero-order valence-corrected chi connectivity index (χ0v) is 17.9. The van der Waals surface area contributed by atoms with Gasteiger partial charge in [-0.25, -0.2) is 9.97 Å². The minimum Gasteiger partial charge on any atom is -0.337 e. The first-order chi connectivity index (χ1) is 13.3. The maximum Gasteiger partial charge on any atom is 0.231 e. The van der Waals surface area contributed by atoms with E-state index in [4.69, 9.17) is 0 Å². The van der Waals surface area contributed by atoms with E-state index in [0.29, 0.717) is 0 Å². The topological polar surface area (TPSA) is 78.7 Å². The van der Waals surface area contributed by atoms with Gasteiger partial charge in [-0.15, -0.1) is 11.3 Å². The number of carbonyl (C=O) groups excluding carboxylic acids is 1. The zero-order chi connectivity index (χ0) is 20.3. The average Bonchev–Trinajstić information content (AvgIpc) is 3.11. The molecule has 144 valence electrons. The molecular formula is C21H22N4OS2. The summed E-state index contributed by atoms with van der Waals surface area (Å²) in [6, 6.07) is 10.5. The average molecular weight is 411 g/mol. The molecule has 5 nitrogen and oxygen atoms in total. The highest BCUT2D eigenvalue weighted by Gasteiger charge is 2.30. The maximum absolute atomic E-state index is 12.4. The van der Waals surface area contributed by atoms with Crippen molar-refractivity contribution in [1.82, 2.24) is 15.3 Å². The van der Waals surface area contributed by atoms with E-state index in [-0.39, 0.29) is 17.6 Å². The van der Waals surface area contributed by atoms with Gasteiger partial charge in [0.05, 0.1) is 17.2 Å². The lowest BCUT2D eigenvalue weighted by Gasteiger charge is -2.27. The fourth-order valence-electron chi connectivity index (χ4n) is 2.66. The lowest BCUT2D eigenvalue weighted by molar-refractivity contribution is -0.120. The first kappa shape index (κ1) is 20.3. The van der Waals surface area contributed by atoms with Gasteiger partial charge in [0.25, 0.3) is 0 Å². The number of rotatable bonds is 6. The SMILES string of the molecule is Cc1ccc(-c2csc3ncnc(SCC(=O)NC(C)(C#N)C(C)C)c23)cc1. The molecule has 1 N–H and O–H groups in total. The number of nitriles is 1. The molecule has 0 radical (unpaired) electrons. The van der Waals surface area contributed by atoms with Crippen molar-refractivity contribution in [2.45, 2.75) is 38.3 Å². The molecule has 0 aliphatic heterocycles. The summed E-state index contributed by atoms with van der Waals surface area (Å²) < 4.78 is 0. The van der Waals surface area contributed by atoms with Crippen molar-refractivity contribution < 1.29 is 4.79 Å². The summed E-state index contributed by atoms with van der Waals surface area (Å²) in [5, 5.41) is 16.1. The summed E-state index contributed by atoms with van der Waals surface area (Å²) in [6.45, 7) is 7.65. The summed E-state index contributed by atoms with van der Waals surface area (Å²) in [7, 11) is 0.